The molecule has 2 heterocycles. The standard InChI is InChI=1S/C12H17N5O/c1-16(8-11-9-17(2)15-14-11)7-10-5-4-6-12(13-10)18-3/h4-6,9H,7-8H2,1-3H3. The Labute approximate surface area is 106 Å². The van der Waals surface area contributed by atoms with Crippen LogP contribution >= 0.6 is 0 Å². The van der Waals surface area contributed by atoms with Crippen LogP contribution in [0.2, 0.25) is 0 Å². The molecule has 0 saturated carbocycles. The van der Waals surface area contributed by atoms with Crippen LogP contribution in [0, 0.1) is 0 Å². The van der Waals surface area contributed by atoms with Gasteiger partial charge in [0.1, 0.15) is 0 Å². The van der Waals surface area contributed by atoms with E-state index in [0.29, 0.717) is 5.88 Å². The van der Waals surface area contributed by atoms with Gasteiger partial charge in [-0.15, -0.1) is 5.10 Å². The molecule has 0 radical (unpaired) electrons. The van der Waals surface area contributed by atoms with Crippen molar-refractivity contribution in [2.24, 2.45) is 7.05 Å². The molecular formula is C12H17N5O. The van der Waals surface area contributed by atoms with E-state index in [2.05, 4.69) is 20.2 Å². The molecule has 6 nitrogen and oxygen atoms in total. The predicted molar refractivity (Wildman–Crippen MR) is 67.0 cm³/mol. The maximum absolute atomic E-state index is 5.10. The summed E-state index contributed by atoms with van der Waals surface area (Å²) < 4.78 is 6.80. The van der Waals surface area contributed by atoms with E-state index in [1.807, 2.05) is 38.5 Å². The van der Waals surface area contributed by atoms with Gasteiger partial charge < -0.3 is 4.74 Å². The summed E-state index contributed by atoms with van der Waals surface area (Å²) in [6.45, 7) is 1.49. The van der Waals surface area contributed by atoms with E-state index in [-0.39, 0.29) is 0 Å². The first-order chi connectivity index (χ1) is 8.67. The number of ether oxygens (including phenoxy) is 1. The van der Waals surface area contributed by atoms with Crippen LogP contribution in [0.25, 0.3) is 0 Å². The van der Waals surface area contributed by atoms with Gasteiger partial charge >= 0.3 is 0 Å². The van der Waals surface area contributed by atoms with E-state index in [1.165, 1.54) is 0 Å². The molecule has 2 aromatic rings. The Bertz CT molecular complexity index is 511. The second kappa shape index (κ2) is 5.59. The van der Waals surface area contributed by atoms with Gasteiger partial charge in [-0.25, -0.2) is 4.98 Å². The lowest BCUT2D eigenvalue weighted by molar-refractivity contribution is 0.308. The van der Waals surface area contributed by atoms with Gasteiger partial charge in [0.15, 0.2) is 0 Å². The van der Waals surface area contributed by atoms with Gasteiger partial charge in [-0.2, -0.15) is 0 Å². The Morgan fingerprint density at radius 3 is 2.72 bits per heavy atom. The minimum absolute atomic E-state index is 0.639. The summed E-state index contributed by atoms with van der Waals surface area (Å²) in [6.07, 6.45) is 1.91. The molecule has 0 aliphatic carbocycles. The first kappa shape index (κ1) is 12.5. The van der Waals surface area contributed by atoms with E-state index in [1.54, 1.807) is 11.8 Å². The van der Waals surface area contributed by atoms with Crippen LogP contribution in [0.1, 0.15) is 11.4 Å². The van der Waals surface area contributed by atoms with Crippen molar-refractivity contribution in [3.8, 4) is 5.88 Å². The largest absolute Gasteiger partial charge is 0.481 e. The van der Waals surface area contributed by atoms with Crippen LogP contribution in [0.3, 0.4) is 0 Å². The van der Waals surface area contributed by atoms with E-state index in [4.69, 9.17) is 4.74 Å². The van der Waals surface area contributed by atoms with E-state index < -0.39 is 0 Å². The molecule has 0 spiro atoms. The Morgan fingerprint density at radius 2 is 2.06 bits per heavy atom. The molecule has 0 aliphatic heterocycles. The van der Waals surface area contributed by atoms with Crippen molar-refractivity contribution in [2.45, 2.75) is 13.1 Å². The molecule has 96 valence electrons. The summed E-state index contributed by atoms with van der Waals surface area (Å²) in [5.74, 6) is 0.639. The van der Waals surface area contributed by atoms with Gasteiger partial charge in [0, 0.05) is 32.4 Å². The van der Waals surface area contributed by atoms with Crippen molar-refractivity contribution in [3.05, 3.63) is 35.8 Å². The summed E-state index contributed by atoms with van der Waals surface area (Å²) in [5.41, 5.74) is 1.92. The summed E-state index contributed by atoms with van der Waals surface area (Å²) >= 11 is 0. The molecule has 0 N–H and O–H groups in total. The first-order valence-corrected chi connectivity index (χ1v) is 5.71. The van der Waals surface area contributed by atoms with Crippen LogP contribution in [-0.2, 0) is 20.1 Å². The van der Waals surface area contributed by atoms with Gasteiger partial charge in [0.05, 0.1) is 18.5 Å². The highest BCUT2D eigenvalue weighted by atomic mass is 16.5. The molecule has 6 heteroatoms. The van der Waals surface area contributed by atoms with E-state index in [9.17, 15) is 0 Å². The molecule has 0 aliphatic rings. The minimum atomic E-state index is 0.639. The highest BCUT2D eigenvalue weighted by molar-refractivity contribution is 5.15. The van der Waals surface area contributed by atoms with Crippen molar-refractivity contribution in [2.75, 3.05) is 14.2 Å². The Kier molecular flexibility index (Phi) is 3.88. The zero-order valence-corrected chi connectivity index (χ0v) is 10.9. The third kappa shape index (κ3) is 3.27. The topological polar surface area (TPSA) is 56.1 Å². The lowest BCUT2D eigenvalue weighted by atomic mass is 10.3. The van der Waals surface area contributed by atoms with Gasteiger partial charge in [0.25, 0.3) is 0 Å². The molecule has 2 rings (SSSR count). The smallest absolute Gasteiger partial charge is 0.213 e. The van der Waals surface area contributed by atoms with Gasteiger partial charge in [-0.1, -0.05) is 11.3 Å². The number of hydrogen-bond acceptors (Lipinski definition) is 5. The second-order valence-corrected chi connectivity index (χ2v) is 4.23. The lowest BCUT2D eigenvalue weighted by Gasteiger charge is -2.14. The quantitative estimate of drug-likeness (QED) is 0.784. The summed E-state index contributed by atoms with van der Waals surface area (Å²) in [4.78, 5) is 6.50. The maximum atomic E-state index is 5.10. The van der Waals surface area contributed by atoms with Crippen LogP contribution in [0.15, 0.2) is 24.4 Å². The molecule has 0 atom stereocenters. The fourth-order valence-electron chi connectivity index (χ4n) is 1.74. The van der Waals surface area contributed by atoms with Crippen molar-refractivity contribution in [1.82, 2.24) is 24.9 Å². The number of pyridine rings is 1. The maximum Gasteiger partial charge on any atom is 0.213 e. The molecule has 18 heavy (non-hydrogen) atoms. The number of methoxy groups -OCH3 is 1. The van der Waals surface area contributed by atoms with Gasteiger partial charge in [-0.3, -0.25) is 9.58 Å². The van der Waals surface area contributed by atoms with Crippen LogP contribution in [0.5, 0.6) is 5.88 Å². The predicted octanol–water partition coefficient (Wildman–Crippen LogP) is 0.851. The number of rotatable bonds is 5. The number of aromatic nitrogens is 4. The van der Waals surface area contributed by atoms with Gasteiger partial charge in [0.2, 0.25) is 5.88 Å². The third-order valence-corrected chi connectivity index (χ3v) is 2.50. The van der Waals surface area contributed by atoms with Crippen LogP contribution in [-0.4, -0.2) is 39.0 Å². The zero-order chi connectivity index (χ0) is 13.0. The van der Waals surface area contributed by atoms with Crippen molar-refractivity contribution >= 4 is 0 Å². The normalized spacial score (nSPS) is 10.9. The summed E-state index contributed by atoms with van der Waals surface area (Å²) in [5, 5.41) is 7.97. The molecule has 0 unspecified atom stereocenters. The number of hydrogen-bond donors (Lipinski definition) is 0. The number of nitrogens with zero attached hydrogens (tertiary/aromatic N) is 5. The molecule has 2 aromatic heterocycles. The average Bonchev–Trinajstić information content (AvgIpc) is 2.74. The zero-order valence-electron chi connectivity index (χ0n) is 10.9. The van der Waals surface area contributed by atoms with E-state index in [0.717, 1.165) is 24.5 Å². The van der Waals surface area contributed by atoms with Crippen LogP contribution in [0.4, 0.5) is 0 Å². The van der Waals surface area contributed by atoms with E-state index >= 15 is 0 Å². The Hall–Kier alpha value is -1.95. The summed E-state index contributed by atoms with van der Waals surface area (Å²) in [7, 11) is 5.51. The minimum Gasteiger partial charge on any atom is -0.481 e. The fourth-order valence-corrected chi connectivity index (χ4v) is 1.74. The molecule has 0 aromatic carbocycles. The van der Waals surface area contributed by atoms with Gasteiger partial charge in [-0.05, 0) is 13.1 Å². The molecule has 0 saturated heterocycles. The highest BCUT2D eigenvalue weighted by Gasteiger charge is 2.06. The van der Waals surface area contributed by atoms with Crippen molar-refractivity contribution in [1.29, 1.82) is 0 Å². The van der Waals surface area contributed by atoms with Crippen molar-refractivity contribution < 1.29 is 4.74 Å². The number of aryl methyl sites for hydroxylation is 1. The van der Waals surface area contributed by atoms with Crippen LogP contribution < -0.4 is 4.74 Å². The lowest BCUT2D eigenvalue weighted by Crippen LogP contribution is -2.18. The third-order valence-electron chi connectivity index (χ3n) is 2.50. The molecule has 0 fully saturated rings. The average molecular weight is 247 g/mol. The fraction of sp³-hybridized carbons (Fsp3) is 0.417. The van der Waals surface area contributed by atoms with Crippen molar-refractivity contribution in [3.63, 3.8) is 0 Å². The SMILES string of the molecule is COc1cccc(CN(C)Cc2cn(C)nn2)n1. The Balaban J connectivity index is 1.96. The Morgan fingerprint density at radius 1 is 1.28 bits per heavy atom. The molecular weight excluding hydrogens is 230 g/mol. The summed E-state index contributed by atoms with van der Waals surface area (Å²) in [6, 6.07) is 5.76. The highest BCUT2D eigenvalue weighted by Crippen LogP contribution is 2.09. The monoisotopic (exact) mass is 247 g/mol. The molecule has 0 amide bonds. The second-order valence-electron chi connectivity index (χ2n) is 4.23. The first-order valence-electron chi connectivity index (χ1n) is 5.71. The molecule has 0 bridgehead atoms.